The van der Waals surface area contributed by atoms with Gasteiger partial charge in [-0.15, -0.1) is 0 Å². The van der Waals surface area contributed by atoms with Crippen molar-refractivity contribution in [1.82, 2.24) is 9.80 Å². The van der Waals surface area contributed by atoms with Crippen LogP contribution in [-0.2, 0) is 11.2 Å². The molecule has 2 aliphatic rings. The summed E-state index contributed by atoms with van der Waals surface area (Å²) in [5.74, 6) is -0.182. The molecule has 3 rings (SSSR count). The lowest BCUT2D eigenvalue weighted by Crippen LogP contribution is -2.53. The fourth-order valence-corrected chi connectivity index (χ4v) is 3.54. The smallest absolute Gasteiger partial charge is 0.227 e. The molecule has 22 heavy (non-hydrogen) atoms. The predicted octanol–water partition coefficient (Wildman–Crippen LogP) is 1.43. The molecule has 1 aromatic carbocycles. The minimum atomic E-state index is -0.278. The molecule has 2 fully saturated rings. The number of aliphatic hydroxyl groups excluding tert-OH is 1. The average Bonchev–Trinajstić information content (AvgIpc) is 2.96. The van der Waals surface area contributed by atoms with Crippen LogP contribution in [-0.4, -0.2) is 59.1 Å². The van der Waals surface area contributed by atoms with Crippen molar-refractivity contribution in [2.75, 3.05) is 26.2 Å². The minimum absolute atomic E-state index is 0.0956. The number of rotatable bonds is 3. The highest BCUT2D eigenvalue weighted by molar-refractivity contribution is 5.78. The van der Waals surface area contributed by atoms with E-state index in [1.165, 1.54) is 12.1 Å². The summed E-state index contributed by atoms with van der Waals surface area (Å²) in [5, 5.41) is 9.98. The molecule has 1 N–H and O–H groups in total. The van der Waals surface area contributed by atoms with Crippen molar-refractivity contribution in [3.63, 3.8) is 0 Å². The molecule has 1 aliphatic heterocycles. The third-order valence-electron chi connectivity index (χ3n) is 4.85. The highest BCUT2D eigenvalue weighted by atomic mass is 19.1. The van der Waals surface area contributed by atoms with E-state index in [1.807, 2.05) is 4.90 Å². The SMILES string of the molecule is O=C(Cc1ccc(F)cc1)N1CCN([C@H]2CCC[C@@H]2O)CC1. The van der Waals surface area contributed by atoms with Crippen molar-refractivity contribution in [1.29, 1.82) is 0 Å². The maximum atomic E-state index is 12.9. The maximum Gasteiger partial charge on any atom is 0.227 e. The summed E-state index contributed by atoms with van der Waals surface area (Å²) in [6.07, 6.45) is 3.17. The molecule has 1 aliphatic carbocycles. The molecule has 0 spiro atoms. The molecule has 2 atom stereocenters. The van der Waals surface area contributed by atoms with Gasteiger partial charge in [0.1, 0.15) is 5.82 Å². The number of benzene rings is 1. The highest BCUT2D eigenvalue weighted by Gasteiger charge is 2.33. The van der Waals surface area contributed by atoms with Gasteiger partial charge in [-0.2, -0.15) is 0 Å². The van der Waals surface area contributed by atoms with Crippen LogP contribution in [0.1, 0.15) is 24.8 Å². The zero-order chi connectivity index (χ0) is 15.5. The van der Waals surface area contributed by atoms with Crippen LogP contribution in [0.25, 0.3) is 0 Å². The Kier molecular flexibility index (Phi) is 4.74. The van der Waals surface area contributed by atoms with Crippen molar-refractivity contribution in [2.45, 2.75) is 37.8 Å². The molecule has 0 bridgehead atoms. The monoisotopic (exact) mass is 306 g/mol. The first kappa shape index (κ1) is 15.4. The summed E-state index contributed by atoms with van der Waals surface area (Å²) in [4.78, 5) is 16.5. The third-order valence-corrected chi connectivity index (χ3v) is 4.85. The van der Waals surface area contributed by atoms with Crippen molar-refractivity contribution in [2.24, 2.45) is 0 Å². The molecule has 1 aromatic rings. The molecule has 0 radical (unpaired) electrons. The second-order valence-corrected chi connectivity index (χ2v) is 6.29. The van der Waals surface area contributed by atoms with Gasteiger partial charge < -0.3 is 10.0 Å². The van der Waals surface area contributed by atoms with Crippen LogP contribution in [0.3, 0.4) is 0 Å². The Hall–Kier alpha value is -1.46. The quantitative estimate of drug-likeness (QED) is 0.919. The zero-order valence-corrected chi connectivity index (χ0v) is 12.7. The van der Waals surface area contributed by atoms with Gasteiger partial charge in [-0.05, 0) is 37.0 Å². The molecule has 1 amide bonds. The number of piperazine rings is 1. The topological polar surface area (TPSA) is 43.8 Å². The van der Waals surface area contributed by atoms with Crippen molar-refractivity contribution in [3.8, 4) is 0 Å². The second-order valence-electron chi connectivity index (χ2n) is 6.29. The molecular formula is C17H23FN2O2. The van der Waals surface area contributed by atoms with Gasteiger partial charge in [0.25, 0.3) is 0 Å². The van der Waals surface area contributed by atoms with Crippen molar-refractivity contribution in [3.05, 3.63) is 35.6 Å². The Balaban J connectivity index is 1.50. The van der Waals surface area contributed by atoms with Gasteiger partial charge >= 0.3 is 0 Å². The van der Waals surface area contributed by atoms with Crippen LogP contribution in [0, 0.1) is 5.82 Å². The predicted molar refractivity (Wildman–Crippen MR) is 81.9 cm³/mol. The largest absolute Gasteiger partial charge is 0.391 e. The van der Waals surface area contributed by atoms with E-state index < -0.39 is 0 Å². The van der Waals surface area contributed by atoms with Crippen LogP contribution in [0.2, 0.25) is 0 Å². The van der Waals surface area contributed by atoms with Crippen LogP contribution in [0.4, 0.5) is 4.39 Å². The molecule has 0 unspecified atom stereocenters. The van der Waals surface area contributed by atoms with Gasteiger partial charge in [-0.1, -0.05) is 12.1 Å². The number of hydrogen-bond donors (Lipinski definition) is 1. The molecule has 1 saturated heterocycles. The second kappa shape index (κ2) is 6.75. The van der Waals surface area contributed by atoms with E-state index in [9.17, 15) is 14.3 Å². The summed E-state index contributed by atoms with van der Waals surface area (Å²) in [6.45, 7) is 3.08. The number of nitrogens with zero attached hydrogens (tertiary/aromatic N) is 2. The van der Waals surface area contributed by atoms with Crippen molar-refractivity contribution < 1.29 is 14.3 Å². The van der Waals surface area contributed by atoms with E-state index in [0.717, 1.165) is 37.9 Å². The number of aliphatic hydroxyl groups is 1. The molecule has 5 heteroatoms. The van der Waals surface area contributed by atoms with E-state index in [2.05, 4.69) is 4.90 Å². The minimum Gasteiger partial charge on any atom is -0.391 e. The summed E-state index contributed by atoms with van der Waals surface area (Å²) >= 11 is 0. The van der Waals surface area contributed by atoms with Crippen LogP contribution in [0.15, 0.2) is 24.3 Å². The van der Waals surface area contributed by atoms with Crippen molar-refractivity contribution >= 4 is 5.91 Å². The number of amides is 1. The maximum absolute atomic E-state index is 12.9. The Morgan fingerprint density at radius 1 is 1.14 bits per heavy atom. The van der Waals surface area contributed by atoms with E-state index >= 15 is 0 Å². The lowest BCUT2D eigenvalue weighted by molar-refractivity contribution is -0.132. The van der Waals surface area contributed by atoms with Gasteiger partial charge in [-0.25, -0.2) is 4.39 Å². The average molecular weight is 306 g/mol. The fraction of sp³-hybridized carbons (Fsp3) is 0.588. The number of halogens is 1. The normalized spacial score (nSPS) is 26.4. The van der Waals surface area contributed by atoms with Gasteiger partial charge in [-0.3, -0.25) is 9.69 Å². The van der Waals surface area contributed by atoms with Gasteiger partial charge in [0.15, 0.2) is 0 Å². The van der Waals surface area contributed by atoms with Crippen LogP contribution in [0.5, 0.6) is 0 Å². The number of hydrogen-bond acceptors (Lipinski definition) is 3. The lowest BCUT2D eigenvalue weighted by atomic mass is 10.1. The summed E-state index contributed by atoms with van der Waals surface area (Å²) < 4.78 is 12.9. The van der Waals surface area contributed by atoms with E-state index in [0.29, 0.717) is 19.5 Å². The fourth-order valence-electron chi connectivity index (χ4n) is 3.54. The summed E-state index contributed by atoms with van der Waals surface area (Å²) in [6, 6.07) is 6.38. The molecule has 1 heterocycles. The number of carbonyl (C=O) groups is 1. The lowest BCUT2D eigenvalue weighted by Gasteiger charge is -2.39. The Morgan fingerprint density at radius 3 is 2.41 bits per heavy atom. The van der Waals surface area contributed by atoms with E-state index in [1.54, 1.807) is 12.1 Å². The van der Waals surface area contributed by atoms with Gasteiger partial charge in [0.05, 0.1) is 12.5 Å². The molecule has 1 saturated carbocycles. The van der Waals surface area contributed by atoms with Crippen LogP contribution >= 0.6 is 0 Å². The Labute approximate surface area is 130 Å². The first-order chi connectivity index (χ1) is 10.6. The molecule has 4 nitrogen and oxygen atoms in total. The number of carbonyl (C=O) groups excluding carboxylic acids is 1. The molecular weight excluding hydrogens is 283 g/mol. The third kappa shape index (κ3) is 3.47. The standard InChI is InChI=1S/C17H23FN2O2/c18-14-6-4-13(5-7-14)12-17(22)20-10-8-19(9-11-20)15-2-1-3-16(15)21/h4-7,15-16,21H,1-3,8-12H2/t15-,16-/m0/s1. The van der Waals surface area contributed by atoms with E-state index in [4.69, 9.17) is 0 Å². The van der Waals surface area contributed by atoms with Gasteiger partial charge in [0.2, 0.25) is 5.91 Å². The summed E-state index contributed by atoms with van der Waals surface area (Å²) in [7, 11) is 0. The molecule has 120 valence electrons. The molecule has 0 aromatic heterocycles. The first-order valence-corrected chi connectivity index (χ1v) is 8.08. The first-order valence-electron chi connectivity index (χ1n) is 8.08. The Morgan fingerprint density at radius 2 is 1.82 bits per heavy atom. The van der Waals surface area contributed by atoms with Gasteiger partial charge in [0, 0.05) is 32.2 Å². The Bertz CT molecular complexity index is 512. The summed E-state index contributed by atoms with van der Waals surface area (Å²) in [5.41, 5.74) is 0.847. The highest BCUT2D eigenvalue weighted by Crippen LogP contribution is 2.25. The zero-order valence-electron chi connectivity index (χ0n) is 12.7. The van der Waals surface area contributed by atoms with E-state index in [-0.39, 0.29) is 23.9 Å². The van der Waals surface area contributed by atoms with Crippen LogP contribution < -0.4 is 0 Å².